The fourth-order valence-corrected chi connectivity index (χ4v) is 5.26. The third-order valence-electron chi connectivity index (χ3n) is 6.07. The zero-order chi connectivity index (χ0) is 24.1. The van der Waals surface area contributed by atoms with E-state index in [0.29, 0.717) is 48.6 Å². The van der Waals surface area contributed by atoms with E-state index in [9.17, 15) is 18.8 Å². The van der Waals surface area contributed by atoms with Crippen molar-refractivity contribution in [3.05, 3.63) is 74.6 Å². The smallest absolute Gasteiger partial charge is 0.392 e. The highest BCUT2D eigenvalue weighted by Crippen LogP contribution is 2.33. The number of benzene rings is 1. The van der Waals surface area contributed by atoms with Gasteiger partial charge in [-0.05, 0) is 48.7 Å². The summed E-state index contributed by atoms with van der Waals surface area (Å²) in [5.74, 6) is 0.0406. The van der Waals surface area contributed by atoms with E-state index in [0.717, 1.165) is 15.0 Å². The molecular formula is C23H19FN6O4S. The second-order valence-electron chi connectivity index (χ2n) is 8.32. The third kappa shape index (κ3) is 3.84. The molecular weight excluding hydrogens is 475 g/mol. The molecule has 35 heavy (non-hydrogen) atoms. The van der Waals surface area contributed by atoms with E-state index in [2.05, 4.69) is 20.7 Å². The number of aryl methyl sites for hydroxylation is 1. The first-order valence-electron chi connectivity index (χ1n) is 11.1. The van der Waals surface area contributed by atoms with E-state index >= 15 is 0 Å². The maximum absolute atomic E-state index is 14.6. The maximum atomic E-state index is 14.6. The van der Waals surface area contributed by atoms with Crippen LogP contribution in [0.2, 0.25) is 0 Å². The summed E-state index contributed by atoms with van der Waals surface area (Å²) in [7, 11) is 0. The van der Waals surface area contributed by atoms with Gasteiger partial charge >= 0.3 is 5.76 Å². The number of hydrogen-bond donors (Lipinski definition) is 2. The number of carbonyl (C=O) groups excluding carboxylic acids is 1. The van der Waals surface area contributed by atoms with Crippen LogP contribution < -0.4 is 21.9 Å². The number of thioether (sulfide) groups is 1. The lowest BCUT2D eigenvalue weighted by atomic mass is 10.1. The normalized spacial score (nSPS) is 16.5. The SMILES string of the molecule is O=C1CSc2ccc(-n3nc(CCCN[C@@H]4Cn5c(=O)ccc6ccc(F)c4c65)oc3=O)nc2N1. The summed E-state index contributed by atoms with van der Waals surface area (Å²) in [6, 6.07) is 9.40. The largest absolute Gasteiger partial charge is 0.443 e. The van der Waals surface area contributed by atoms with E-state index in [1.165, 1.54) is 23.9 Å². The Kier molecular flexibility index (Phi) is 5.26. The Bertz CT molecular complexity index is 1610. The Morgan fingerprint density at radius 1 is 1.17 bits per heavy atom. The van der Waals surface area contributed by atoms with Crippen molar-refractivity contribution < 1.29 is 13.6 Å². The van der Waals surface area contributed by atoms with E-state index in [1.54, 1.807) is 28.8 Å². The van der Waals surface area contributed by atoms with Crippen molar-refractivity contribution >= 4 is 34.4 Å². The van der Waals surface area contributed by atoms with Crippen molar-refractivity contribution in [2.24, 2.45) is 0 Å². The van der Waals surface area contributed by atoms with Gasteiger partial charge in [0.15, 0.2) is 5.82 Å². The molecule has 0 radical (unpaired) electrons. The minimum atomic E-state index is -0.672. The predicted molar refractivity (Wildman–Crippen MR) is 126 cm³/mol. The molecule has 1 atom stereocenters. The molecule has 6 rings (SSSR count). The number of aromatic nitrogens is 4. The maximum Gasteiger partial charge on any atom is 0.443 e. The van der Waals surface area contributed by atoms with Crippen molar-refractivity contribution in [1.82, 2.24) is 24.6 Å². The molecule has 1 aromatic carbocycles. The van der Waals surface area contributed by atoms with Gasteiger partial charge in [0.05, 0.1) is 22.2 Å². The fraction of sp³-hybridized carbons (Fsp3) is 0.261. The standard InChI is InChI=1S/C23H19FN6O4S/c24-13-5-3-12-4-8-19(32)29-10-14(20(13)21(12)29)25-9-1-2-18-28-30(23(33)34-18)16-7-6-15-22(26-16)27-17(31)11-35-15/h3-8,14,25H,1-2,9-11H2,(H,26,27,31)/t14-/m1/s1. The Hall–Kier alpha value is -3.77. The number of nitrogens with one attached hydrogen (secondary N) is 2. The molecule has 2 aliphatic heterocycles. The molecule has 2 N–H and O–H groups in total. The van der Waals surface area contributed by atoms with E-state index in [4.69, 9.17) is 4.42 Å². The molecule has 1 amide bonds. The summed E-state index contributed by atoms with van der Waals surface area (Å²) in [4.78, 5) is 41.3. The van der Waals surface area contributed by atoms with Crippen LogP contribution in [0.5, 0.6) is 0 Å². The molecule has 178 valence electrons. The first-order chi connectivity index (χ1) is 17.0. The van der Waals surface area contributed by atoms with Crippen LogP contribution >= 0.6 is 11.8 Å². The molecule has 2 aliphatic rings. The molecule has 10 nitrogen and oxygen atoms in total. The van der Waals surface area contributed by atoms with Crippen molar-refractivity contribution in [3.8, 4) is 5.82 Å². The van der Waals surface area contributed by atoms with E-state index in [-0.39, 0.29) is 35.0 Å². The zero-order valence-corrected chi connectivity index (χ0v) is 19.1. The molecule has 0 saturated carbocycles. The topological polar surface area (TPSA) is 124 Å². The summed E-state index contributed by atoms with van der Waals surface area (Å²) in [5, 5.41) is 11.0. The monoisotopic (exact) mass is 494 g/mol. The minimum absolute atomic E-state index is 0.154. The lowest BCUT2D eigenvalue weighted by Crippen LogP contribution is -2.26. The summed E-state index contributed by atoms with van der Waals surface area (Å²) in [6.07, 6.45) is 0.947. The molecule has 3 aromatic heterocycles. The number of fused-ring (bicyclic) bond motifs is 1. The van der Waals surface area contributed by atoms with Gasteiger partial charge in [0.1, 0.15) is 11.6 Å². The van der Waals surface area contributed by atoms with Crippen LogP contribution in [0.4, 0.5) is 10.2 Å². The van der Waals surface area contributed by atoms with Gasteiger partial charge in [0.2, 0.25) is 11.8 Å². The van der Waals surface area contributed by atoms with Gasteiger partial charge in [-0.15, -0.1) is 21.5 Å². The highest BCUT2D eigenvalue weighted by Gasteiger charge is 2.28. The Balaban J connectivity index is 1.13. The fourth-order valence-electron chi connectivity index (χ4n) is 4.50. The Labute approximate surface area is 201 Å². The van der Waals surface area contributed by atoms with Gasteiger partial charge < -0.3 is 19.6 Å². The van der Waals surface area contributed by atoms with Gasteiger partial charge in [0, 0.05) is 24.6 Å². The number of hydrogen-bond acceptors (Lipinski definition) is 8. The van der Waals surface area contributed by atoms with Crippen LogP contribution in [0, 0.1) is 5.82 Å². The average Bonchev–Trinajstić information content (AvgIpc) is 3.42. The summed E-state index contributed by atoms with van der Waals surface area (Å²) >= 11 is 1.38. The number of nitrogens with zero attached hydrogens (tertiary/aromatic N) is 4. The number of carbonyl (C=O) groups is 1. The molecule has 0 fully saturated rings. The molecule has 12 heteroatoms. The molecule has 0 spiro atoms. The van der Waals surface area contributed by atoms with Crippen LogP contribution in [-0.4, -0.2) is 37.5 Å². The lowest BCUT2D eigenvalue weighted by Gasteiger charge is -2.15. The lowest BCUT2D eigenvalue weighted by molar-refractivity contribution is -0.113. The third-order valence-corrected chi connectivity index (χ3v) is 7.12. The molecule has 0 aliphatic carbocycles. The number of rotatable bonds is 6. The van der Waals surface area contributed by atoms with Gasteiger partial charge in [-0.25, -0.2) is 14.2 Å². The highest BCUT2D eigenvalue weighted by molar-refractivity contribution is 8.00. The Morgan fingerprint density at radius 3 is 2.91 bits per heavy atom. The molecule has 0 saturated heterocycles. The molecule has 5 heterocycles. The first kappa shape index (κ1) is 21.7. The van der Waals surface area contributed by atoms with Crippen LogP contribution in [0.25, 0.3) is 16.7 Å². The summed E-state index contributed by atoms with van der Waals surface area (Å²) in [5.41, 5.74) is 0.974. The van der Waals surface area contributed by atoms with Crippen LogP contribution in [0.15, 0.2) is 55.3 Å². The average molecular weight is 495 g/mol. The van der Waals surface area contributed by atoms with Crippen LogP contribution in [0.1, 0.15) is 23.9 Å². The van der Waals surface area contributed by atoms with Crippen molar-refractivity contribution in [2.75, 3.05) is 17.6 Å². The summed E-state index contributed by atoms with van der Waals surface area (Å²) < 4.78 is 22.5. The van der Waals surface area contributed by atoms with Crippen molar-refractivity contribution in [1.29, 1.82) is 0 Å². The minimum Gasteiger partial charge on any atom is -0.392 e. The molecule has 4 aromatic rings. The molecule has 0 unspecified atom stereocenters. The Morgan fingerprint density at radius 2 is 2.03 bits per heavy atom. The van der Waals surface area contributed by atoms with Crippen LogP contribution in [0.3, 0.4) is 0 Å². The number of halogens is 1. The van der Waals surface area contributed by atoms with Gasteiger partial charge in [0.25, 0.3) is 5.56 Å². The second-order valence-corrected chi connectivity index (χ2v) is 9.34. The highest BCUT2D eigenvalue weighted by atomic mass is 32.2. The number of pyridine rings is 2. The number of amides is 1. The van der Waals surface area contributed by atoms with Gasteiger partial charge in [-0.2, -0.15) is 0 Å². The molecule has 0 bridgehead atoms. The zero-order valence-electron chi connectivity index (χ0n) is 18.3. The van der Waals surface area contributed by atoms with Crippen LogP contribution in [-0.2, 0) is 17.8 Å². The van der Waals surface area contributed by atoms with Crippen molar-refractivity contribution in [2.45, 2.75) is 30.3 Å². The predicted octanol–water partition coefficient (Wildman–Crippen LogP) is 2.00. The quantitative estimate of drug-likeness (QED) is 0.390. The van der Waals surface area contributed by atoms with Gasteiger partial charge in [-0.1, -0.05) is 0 Å². The second kappa shape index (κ2) is 8.47. The van der Waals surface area contributed by atoms with Gasteiger partial charge in [-0.3, -0.25) is 9.59 Å². The number of anilines is 1. The first-order valence-corrected chi connectivity index (χ1v) is 12.0. The van der Waals surface area contributed by atoms with Crippen molar-refractivity contribution in [3.63, 3.8) is 0 Å². The van der Waals surface area contributed by atoms with E-state index in [1.807, 2.05) is 0 Å². The summed E-state index contributed by atoms with van der Waals surface area (Å²) in [6.45, 7) is 0.856. The van der Waals surface area contributed by atoms with E-state index < -0.39 is 5.76 Å².